The molecular formula is C19H26ClNO4. The van der Waals surface area contributed by atoms with Crippen LogP contribution in [0.3, 0.4) is 0 Å². The average molecular weight is 368 g/mol. The van der Waals surface area contributed by atoms with Gasteiger partial charge in [-0.3, -0.25) is 14.4 Å². The van der Waals surface area contributed by atoms with Gasteiger partial charge in [-0.2, -0.15) is 0 Å². The van der Waals surface area contributed by atoms with Gasteiger partial charge in [0.2, 0.25) is 5.91 Å². The second-order valence-corrected chi connectivity index (χ2v) is 6.28. The van der Waals surface area contributed by atoms with Crippen LogP contribution in [0.2, 0.25) is 5.02 Å². The summed E-state index contributed by atoms with van der Waals surface area (Å²) in [4.78, 5) is 37.6. The van der Waals surface area contributed by atoms with Crippen LogP contribution in [0.1, 0.15) is 55.8 Å². The molecule has 0 saturated heterocycles. The van der Waals surface area contributed by atoms with E-state index in [0.717, 1.165) is 19.3 Å². The zero-order valence-corrected chi connectivity index (χ0v) is 15.7. The molecule has 138 valence electrons. The molecule has 1 aromatic rings. The van der Waals surface area contributed by atoms with Crippen molar-refractivity contribution in [3.63, 3.8) is 0 Å². The summed E-state index contributed by atoms with van der Waals surface area (Å²) in [6, 6.07) is 6.63. The summed E-state index contributed by atoms with van der Waals surface area (Å²) in [6.07, 6.45) is 3.39. The number of hydrogen-bond acceptors (Lipinski definition) is 4. The molecule has 5 nitrogen and oxygen atoms in total. The Balaban J connectivity index is 2.55. The van der Waals surface area contributed by atoms with Gasteiger partial charge < -0.3 is 9.64 Å². The monoisotopic (exact) mass is 367 g/mol. The highest BCUT2D eigenvalue weighted by Crippen LogP contribution is 2.13. The molecule has 1 aromatic carbocycles. The minimum atomic E-state index is -0.342. The molecular weight excluding hydrogens is 342 g/mol. The molecule has 0 bridgehead atoms. The molecule has 1 amide bonds. The molecule has 0 aliphatic carbocycles. The van der Waals surface area contributed by atoms with Crippen LogP contribution in [-0.2, 0) is 14.3 Å². The topological polar surface area (TPSA) is 63.7 Å². The number of methoxy groups -OCH3 is 1. The van der Waals surface area contributed by atoms with E-state index in [9.17, 15) is 14.4 Å². The van der Waals surface area contributed by atoms with E-state index in [4.69, 9.17) is 11.6 Å². The summed E-state index contributed by atoms with van der Waals surface area (Å²) in [6.45, 7) is 3.01. The smallest absolute Gasteiger partial charge is 0.307 e. The van der Waals surface area contributed by atoms with Crippen LogP contribution in [0.15, 0.2) is 24.3 Å². The number of nitrogens with zero attached hydrogens (tertiary/aromatic N) is 1. The van der Waals surface area contributed by atoms with Gasteiger partial charge in [0, 0.05) is 36.5 Å². The fourth-order valence-corrected chi connectivity index (χ4v) is 2.53. The summed E-state index contributed by atoms with van der Waals surface area (Å²) in [5.74, 6) is -0.542. The number of hydrogen-bond donors (Lipinski definition) is 0. The maximum absolute atomic E-state index is 12.4. The highest BCUT2D eigenvalue weighted by molar-refractivity contribution is 6.30. The Bertz CT molecular complexity index is 571. The SMILES string of the molecule is CCCCCN(CCC(=O)OC)C(=O)CCC(=O)c1ccc(Cl)cc1. The Labute approximate surface area is 154 Å². The molecule has 0 N–H and O–H groups in total. The Kier molecular flexibility index (Phi) is 9.85. The summed E-state index contributed by atoms with van der Waals surface area (Å²) < 4.78 is 4.63. The van der Waals surface area contributed by atoms with Crippen molar-refractivity contribution in [2.24, 2.45) is 0 Å². The molecule has 0 atom stereocenters. The number of ketones is 1. The molecule has 0 aliphatic heterocycles. The van der Waals surface area contributed by atoms with Gasteiger partial charge in [0.15, 0.2) is 5.78 Å². The standard InChI is InChI=1S/C19H26ClNO4/c1-3-4-5-13-21(14-12-19(24)25-2)18(23)11-10-17(22)15-6-8-16(20)9-7-15/h6-9H,3-5,10-14H2,1-2H3. The van der Waals surface area contributed by atoms with E-state index < -0.39 is 0 Å². The largest absolute Gasteiger partial charge is 0.469 e. The molecule has 0 saturated carbocycles. The fraction of sp³-hybridized carbons (Fsp3) is 0.526. The summed E-state index contributed by atoms with van der Waals surface area (Å²) in [5, 5.41) is 0.567. The first-order chi connectivity index (χ1) is 12.0. The Morgan fingerprint density at radius 2 is 1.68 bits per heavy atom. The Hall–Kier alpha value is -1.88. The van der Waals surface area contributed by atoms with Gasteiger partial charge in [0.25, 0.3) is 0 Å². The van der Waals surface area contributed by atoms with Crippen LogP contribution in [0.4, 0.5) is 0 Å². The number of carbonyl (C=O) groups excluding carboxylic acids is 3. The summed E-state index contributed by atoms with van der Waals surface area (Å²) in [5.41, 5.74) is 0.546. The number of rotatable bonds is 11. The number of carbonyl (C=O) groups is 3. The molecule has 0 spiro atoms. The molecule has 6 heteroatoms. The van der Waals surface area contributed by atoms with Gasteiger partial charge in [-0.05, 0) is 30.7 Å². The average Bonchev–Trinajstić information content (AvgIpc) is 2.62. The molecule has 0 fully saturated rings. The zero-order chi connectivity index (χ0) is 18.7. The number of halogens is 1. The van der Waals surface area contributed by atoms with Gasteiger partial charge in [-0.25, -0.2) is 0 Å². The summed E-state index contributed by atoms with van der Waals surface area (Å²) >= 11 is 5.81. The zero-order valence-electron chi connectivity index (χ0n) is 14.9. The lowest BCUT2D eigenvalue weighted by molar-refractivity contribution is -0.141. The van der Waals surface area contributed by atoms with Crippen molar-refractivity contribution < 1.29 is 19.1 Å². The minimum absolute atomic E-state index is 0.0912. The van der Waals surface area contributed by atoms with Gasteiger partial charge in [-0.1, -0.05) is 31.4 Å². The molecule has 0 unspecified atom stereocenters. The van der Waals surface area contributed by atoms with Crippen molar-refractivity contribution in [3.05, 3.63) is 34.9 Å². The summed E-state index contributed by atoms with van der Waals surface area (Å²) in [7, 11) is 1.33. The fourth-order valence-electron chi connectivity index (χ4n) is 2.40. The quantitative estimate of drug-likeness (QED) is 0.338. The van der Waals surface area contributed by atoms with Crippen LogP contribution in [-0.4, -0.2) is 42.8 Å². The predicted molar refractivity (Wildman–Crippen MR) is 97.8 cm³/mol. The van der Waals surface area contributed by atoms with Gasteiger partial charge in [0.05, 0.1) is 13.5 Å². The van der Waals surface area contributed by atoms with E-state index in [-0.39, 0.29) is 36.9 Å². The predicted octanol–water partition coefficient (Wildman–Crippen LogP) is 3.88. The van der Waals surface area contributed by atoms with E-state index in [0.29, 0.717) is 23.7 Å². The van der Waals surface area contributed by atoms with E-state index in [1.165, 1.54) is 7.11 Å². The third kappa shape index (κ3) is 8.16. The molecule has 1 rings (SSSR count). The number of Topliss-reactive ketones (excluding diaryl/α,β-unsaturated/α-hetero) is 1. The number of unbranched alkanes of at least 4 members (excludes halogenated alkanes) is 2. The lowest BCUT2D eigenvalue weighted by atomic mass is 10.1. The number of esters is 1. The first-order valence-corrected chi connectivity index (χ1v) is 8.99. The van der Waals surface area contributed by atoms with Crippen molar-refractivity contribution in [1.29, 1.82) is 0 Å². The van der Waals surface area contributed by atoms with E-state index in [2.05, 4.69) is 11.7 Å². The van der Waals surface area contributed by atoms with Crippen LogP contribution in [0, 0.1) is 0 Å². The van der Waals surface area contributed by atoms with E-state index >= 15 is 0 Å². The Morgan fingerprint density at radius 1 is 1.00 bits per heavy atom. The van der Waals surface area contributed by atoms with Gasteiger partial charge >= 0.3 is 5.97 Å². The van der Waals surface area contributed by atoms with E-state index in [1.807, 2.05) is 0 Å². The molecule has 0 radical (unpaired) electrons. The van der Waals surface area contributed by atoms with Crippen LogP contribution >= 0.6 is 11.6 Å². The van der Waals surface area contributed by atoms with Crippen LogP contribution < -0.4 is 0 Å². The number of benzene rings is 1. The van der Waals surface area contributed by atoms with Crippen LogP contribution in [0.5, 0.6) is 0 Å². The van der Waals surface area contributed by atoms with Crippen LogP contribution in [0.25, 0.3) is 0 Å². The molecule has 0 aromatic heterocycles. The normalized spacial score (nSPS) is 10.4. The lowest BCUT2D eigenvalue weighted by Gasteiger charge is -2.22. The van der Waals surface area contributed by atoms with Crippen molar-refractivity contribution in [2.45, 2.75) is 45.4 Å². The minimum Gasteiger partial charge on any atom is -0.469 e. The second-order valence-electron chi connectivity index (χ2n) is 5.84. The highest BCUT2D eigenvalue weighted by atomic mass is 35.5. The van der Waals surface area contributed by atoms with Gasteiger partial charge in [-0.15, -0.1) is 0 Å². The molecule has 25 heavy (non-hydrogen) atoms. The Morgan fingerprint density at radius 3 is 2.28 bits per heavy atom. The highest BCUT2D eigenvalue weighted by Gasteiger charge is 2.17. The maximum atomic E-state index is 12.4. The molecule has 0 heterocycles. The first-order valence-electron chi connectivity index (χ1n) is 8.61. The van der Waals surface area contributed by atoms with Crippen molar-refractivity contribution in [1.82, 2.24) is 4.90 Å². The van der Waals surface area contributed by atoms with Gasteiger partial charge in [0.1, 0.15) is 0 Å². The molecule has 0 aliphatic rings. The number of ether oxygens (including phenoxy) is 1. The number of amides is 1. The first kappa shape index (κ1) is 21.2. The van der Waals surface area contributed by atoms with Crippen molar-refractivity contribution >= 4 is 29.3 Å². The van der Waals surface area contributed by atoms with Crippen molar-refractivity contribution in [2.75, 3.05) is 20.2 Å². The second kappa shape index (κ2) is 11.6. The van der Waals surface area contributed by atoms with E-state index in [1.54, 1.807) is 29.2 Å². The third-order valence-electron chi connectivity index (χ3n) is 3.93. The maximum Gasteiger partial charge on any atom is 0.307 e. The lowest BCUT2D eigenvalue weighted by Crippen LogP contribution is -2.34. The van der Waals surface area contributed by atoms with Crippen molar-refractivity contribution in [3.8, 4) is 0 Å². The third-order valence-corrected chi connectivity index (χ3v) is 4.18.